The topological polar surface area (TPSA) is 94.5 Å². The van der Waals surface area contributed by atoms with Crippen LogP contribution in [0.4, 0.5) is 18.0 Å². The minimum atomic E-state index is -2.96. The van der Waals surface area contributed by atoms with E-state index < -0.39 is 36.5 Å². The Labute approximate surface area is 213 Å². The number of aliphatic carboxylic acids is 1. The van der Waals surface area contributed by atoms with Crippen molar-refractivity contribution in [2.75, 3.05) is 39.5 Å². The first-order chi connectivity index (χ1) is 17.6. The average molecular weight is 528 g/mol. The molecule has 0 saturated heterocycles. The van der Waals surface area contributed by atoms with E-state index >= 15 is 0 Å². The van der Waals surface area contributed by atoms with Gasteiger partial charge in [-0.1, -0.05) is 25.1 Å². The molecule has 0 aromatic heterocycles. The highest BCUT2D eigenvalue weighted by Gasteiger charge is 2.26. The summed E-state index contributed by atoms with van der Waals surface area (Å²) in [6, 6.07) is 11.8. The number of benzene rings is 2. The quantitative estimate of drug-likeness (QED) is 0.314. The monoisotopic (exact) mass is 527 g/mol. The summed E-state index contributed by atoms with van der Waals surface area (Å²) in [4.78, 5) is 25.1. The molecule has 0 aliphatic carbocycles. The fraction of sp³-hybridized carbons (Fsp3) is 0.462. The second-order valence-electron chi connectivity index (χ2n) is 8.05. The zero-order valence-electron chi connectivity index (χ0n) is 20.8. The number of carbonyl (C=O) groups excluding carboxylic acids is 1. The standard InChI is InChI=1S/C26H32F3NO7/c1-3-26(28,29)18-34-14-12-30(25(33)37-22-7-5-6-20(27)17-22)13-15-36-21-10-8-19(9-11-21)16-23(24(31)32)35-4-2/h5-11,17,23H,3-4,12-16,18H2,1-2H3,(H,31,32). The van der Waals surface area contributed by atoms with Crippen molar-refractivity contribution in [2.45, 2.75) is 38.7 Å². The third-order valence-corrected chi connectivity index (χ3v) is 5.21. The number of carbonyl (C=O) groups is 2. The van der Waals surface area contributed by atoms with E-state index in [2.05, 4.69) is 0 Å². The summed E-state index contributed by atoms with van der Waals surface area (Å²) < 4.78 is 61.4. The molecule has 204 valence electrons. The minimum Gasteiger partial charge on any atom is -0.492 e. The van der Waals surface area contributed by atoms with Crippen molar-refractivity contribution in [3.63, 3.8) is 0 Å². The second-order valence-corrected chi connectivity index (χ2v) is 8.05. The summed E-state index contributed by atoms with van der Waals surface area (Å²) in [5.74, 6) is -4.12. The third kappa shape index (κ3) is 11.1. The van der Waals surface area contributed by atoms with E-state index in [1.54, 1.807) is 31.2 Å². The number of amides is 1. The van der Waals surface area contributed by atoms with E-state index in [0.29, 0.717) is 5.75 Å². The Morgan fingerprint density at radius 1 is 1.03 bits per heavy atom. The van der Waals surface area contributed by atoms with Gasteiger partial charge in [0.05, 0.1) is 13.2 Å². The molecule has 0 radical (unpaired) electrons. The molecule has 2 rings (SSSR count). The maximum atomic E-state index is 13.4. The van der Waals surface area contributed by atoms with E-state index in [1.165, 1.54) is 30.0 Å². The molecular weight excluding hydrogens is 495 g/mol. The largest absolute Gasteiger partial charge is 0.492 e. The number of hydrogen-bond acceptors (Lipinski definition) is 6. The van der Waals surface area contributed by atoms with Crippen LogP contribution in [0.3, 0.4) is 0 Å². The molecule has 0 aliphatic heterocycles. The summed E-state index contributed by atoms with van der Waals surface area (Å²) in [6.07, 6.45) is -1.94. The van der Waals surface area contributed by atoms with E-state index in [0.717, 1.165) is 11.6 Å². The van der Waals surface area contributed by atoms with Crippen LogP contribution in [0.15, 0.2) is 48.5 Å². The molecule has 0 saturated carbocycles. The number of carboxylic acid groups (broad SMARTS) is 1. The van der Waals surface area contributed by atoms with Crippen LogP contribution >= 0.6 is 0 Å². The molecule has 0 bridgehead atoms. The van der Waals surface area contributed by atoms with Crippen LogP contribution in [0.25, 0.3) is 0 Å². The average Bonchev–Trinajstić information content (AvgIpc) is 2.86. The summed E-state index contributed by atoms with van der Waals surface area (Å²) in [5.41, 5.74) is 0.745. The summed E-state index contributed by atoms with van der Waals surface area (Å²) in [5, 5.41) is 9.21. The Balaban J connectivity index is 1.93. The molecular formula is C26H32F3NO7. The fourth-order valence-corrected chi connectivity index (χ4v) is 3.12. The number of rotatable bonds is 16. The number of hydrogen-bond donors (Lipinski definition) is 1. The van der Waals surface area contributed by atoms with Gasteiger partial charge in [0.25, 0.3) is 5.92 Å². The van der Waals surface area contributed by atoms with Crippen LogP contribution in [0.5, 0.6) is 11.5 Å². The highest BCUT2D eigenvalue weighted by atomic mass is 19.3. The van der Waals surface area contributed by atoms with Crippen LogP contribution in [0.2, 0.25) is 0 Å². The minimum absolute atomic E-state index is 0.00309. The highest BCUT2D eigenvalue weighted by molar-refractivity contribution is 5.72. The number of ether oxygens (including phenoxy) is 4. The van der Waals surface area contributed by atoms with Crippen LogP contribution in [-0.2, 0) is 20.7 Å². The third-order valence-electron chi connectivity index (χ3n) is 5.21. The molecule has 1 unspecified atom stereocenters. The van der Waals surface area contributed by atoms with Gasteiger partial charge in [0.1, 0.15) is 30.5 Å². The van der Waals surface area contributed by atoms with Crippen molar-refractivity contribution in [3.8, 4) is 11.5 Å². The molecule has 2 aromatic rings. The van der Waals surface area contributed by atoms with Crippen molar-refractivity contribution >= 4 is 12.1 Å². The van der Waals surface area contributed by atoms with Crippen LogP contribution < -0.4 is 9.47 Å². The van der Waals surface area contributed by atoms with Gasteiger partial charge in [0, 0.05) is 32.1 Å². The lowest BCUT2D eigenvalue weighted by Crippen LogP contribution is -2.39. The lowest BCUT2D eigenvalue weighted by molar-refractivity contribution is -0.149. The lowest BCUT2D eigenvalue weighted by atomic mass is 10.1. The first kappa shape index (κ1) is 29.9. The number of alkyl halides is 2. The van der Waals surface area contributed by atoms with E-state index in [4.69, 9.17) is 18.9 Å². The lowest BCUT2D eigenvalue weighted by Gasteiger charge is -2.23. The molecule has 0 fully saturated rings. The molecule has 2 aromatic carbocycles. The Bertz CT molecular complexity index is 988. The van der Waals surface area contributed by atoms with E-state index in [1.807, 2.05) is 0 Å². The van der Waals surface area contributed by atoms with Crippen LogP contribution in [0.1, 0.15) is 25.8 Å². The van der Waals surface area contributed by atoms with Gasteiger partial charge in [-0.25, -0.2) is 22.8 Å². The van der Waals surface area contributed by atoms with Crippen molar-refractivity contribution in [2.24, 2.45) is 0 Å². The molecule has 1 N–H and O–H groups in total. The Morgan fingerprint density at radius 3 is 2.35 bits per heavy atom. The summed E-state index contributed by atoms with van der Waals surface area (Å²) in [7, 11) is 0. The summed E-state index contributed by atoms with van der Waals surface area (Å²) in [6.45, 7) is 2.44. The molecule has 0 spiro atoms. The maximum absolute atomic E-state index is 13.4. The van der Waals surface area contributed by atoms with Gasteiger partial charge in [-0.2, -0.15) is 0 Å². The summed E-state index contributed by atoms with van der Waals surface area (Å²) >= 11 is 0. The first-order valence-corrected chi connectivity index (χ1v) is 11.9. The molecule has 1 amide bonds. The van der Waals surface area contributed by atoms with Gasteiger partial charge in [-0.15, -0.1) is 0 Å². The Kier molecular flexibility index (Phi) is 12.2. The number of nitrogens with zero attached hydrogens (tertiary/aromatic N) is 1. The first-order valence-electron chi connectivity index (χ1n) is 11.9. The van der Waals surface area contributed by atoms with Gasteiger partial charge in [-0.05, 0) is 36.8 Å². The Hall–Kier alpha value is -3.31. The van der Waals surface area contributed by atoms with Gasteiger partial charge < -0.3 is 29.0 Å². The molecule has 0 heterocycles. The maximum Gasteiger partial charge on any atom is 0.415 e. The predicted molar refractivity (Wildman–Crippen MR) is 129 cm³/mol. The number of carboxylic acids is 1. The highest BCUT2D eigenvalue weighted by Crippen LogP contribution is 2.18. The predicted octanol–water partition coefficient (Wildman–Crippen LogP) is 4.80. The molecule has 1 atom stereocenters. The van der Waals surface area contributed by atoms with Crippen molar-refractivity contribution < 1.29 is 46.8 Å². The van der Waals surface area contributed by atoms with Crippen molar-refractivity contribution in [3.05, 3.63) is 59.9 Å². The zero-order chi connectivity index (χ0) is 27.3. The molecule has 11 heteroatoms. The fourth-order valence-electron chi connectivity index (χ4n) is 3.12. The van der Waals surface area contributed by atoms with Crippen molar-refractivity contribution in [1.29, 1.82) is 0 Å². The second kappa shape index (κ2) is 15.1. The van der Waals surface area contributed by atoms with E-state index in [-0.39, 0.29) is 51.5 Å². The molecule has 8 nitrogen and oxygen atoms in total. The smallest absolute Gasteiger partial charge is 0.415 e. The van der Waals surface area contributed by atoms with Crippen molar-refractivity contribution in [1.82, 2.24) is 4.90 Å². The SMILES string of the molecule is CCOC(Cc1ccc(OCCN(CCOCC(F)(F)CC)C(=O)Oc2cccc(F)c2)cc1)C(=O)O. The molecule has 37 heavy (non-hydrogen) atoms. The van der Waals surface area contributed by atoms with Crippen LogP contribution in [-0.4, -0.2) is 73.6 Å². The number of halogens is 3. The van der Waals surface area contributed by atoms with Gasteiger partial charge in [0.2, 0.25) is 0 Å². The zero-order valence-corrected chi connectivity index (χ0v) is 20.8. The van der Waals surface area contributed by atoms with Crippen LogP contribution in [0, 0.1) is 5.82 Å². The van der Waals surface area contributed by atoms with Gasteiger partial charge >= 0.3 is 12.1 Å². The molecule has 0 aliphatic rings. The van der Waals surface area contributed by atoms with Gasteiger partial charge in [-0.3, -0.25) is 0 Å². The normalized spacial score (nSPS) is 12.1. The van der Waals surface area contributed by atoms with E-state index in [9.17, 15) is 27.9 Å². The Morgan fingerprint density at radius 2 is 1.73 bits per heavy atom. The van der Waals surface area contributed by atoms with Gasteiger partial charge in [0.15, 0.2) is 6.10 Å².